The minimum absolute atomic E-state index is 0.0907. The number of benzene rings is 1. The van der Waals surface area contributed by atoms with Gasteiger partial charge in [0.25, 0.3) is 5.91 Å². The Morgan fingerprint density at radius 1 is 1.30 bits per heavy atom. The van der Waals surface area contributed by atoms with Crippen molar-refractivity contribution in [3.05, 3.63) is 35.9 Å². The molecule has 0 bridgehead atoms. The van der Waals surface area contributed by atoms with Crippen molar-refractivity contribution < 1.29 is 17.9 Å². The summed E-state index contributed by atoms with van der Waals surface area (Å²) in [5.74, 6) is 1.51. The zero-order valence-corrected chi connectivity index (χ0v) is 18.1. The molecule has 0 atom stereocenters. The molecule has 0 radical (unpaired) electrons. The summed E-state index contributed by atoms with van der Waals surface area (Å²) in [6.45, 7) is 2.64. The molecule has 0 saturated carbocycles. The van der Waals surface area contributed by atoms with E-state index in [1.54, 1.807) is 30.1 Å². The largest absolute Gasteiger partial charge is 0.494 e. The number of nitrogens with zero attached hydrogens (tertiary/aromatic N) is 4. The second-order valence-electron chi connectivity index (χ2n) is 7.51. The predicted octanol–water partition coefficient (Wildman–Crippen LogP) is 2.34. The Hall–Kier alpha value is -2.88. The fourth-order valence-electron chi connectivity index (χ4n) is 3.86. The lowest BCUT2D eigenvalue weighted by atomic mass is 10.0. The average molecular weight is 432 g/mol. The van der Waals surface area contributed by atoms with E-state index in [2.05, 4.69) is 10.4 Å². The van der Waals surface area contributed by atoms with E-state index in [4.69, 9.17) is 9.72 Å². The van der Waals surface area contributed by atoms with E-state index in [9.17, 15) is 13.2 Å². The second-order valence-corrected chi connectivity index (χ2v) is 9.81. The Bertz CT molecular complexity index is 1200. The molecule has 2 aromatic heterocycles. The molecule has 1 fully saturated rings. The fourth-order valence-corrected chi connectivity index (χ4v) is 5.35. The number of fused-ring (bicyclic) bond motifs is 1. The average Bonchev–Trinajstić information content (AvgIpc) is 3.33. The molecular formula is C20H25N5O4S. The SMILES string of the molecule is CCn1ccc(C(=O)Nc2cc3c(cc2OC)nc(C2CCS(=O)(=O)CC2)n3C)n1. The van der Waals surface area contributed by atoms with Crippen LogP contribution in [0.15, 0.2) is 24.4 Å². The highest BCUT2D eigenvalue weighted by Gasteiger charge is 2.28. The van der Waals surface area contributed by atoms with Crippen LogP contribution < -0.4 is 10.1 Å². The number of aryl methyl sites for hydroxylation is 2. The molecule has 1 aliphatic heterocycles. The maximum absolute atomic E-state index is 12.6. The third kappa shape index (κ3) is 3.79. The van der Waals surface area contributed by atoms with Crippen LogP contribution in [0.25, 0.3) is 11.0 Å². The third-order valence-corrected chi connectivity index (χ3v) is 7.32. The maximum Gasteiger partial charge on any atom is 0.276 e. The first kappa shape index (κ1) is 20.4. The van der Waals surface area contributed by atoms with Crippen LogP contribution in [0.1, 0.15) is 42.0 Å². The van der Waals surface area contributed by atoms with E-state index in [1.807, 2.05) is 24.6 Å². The van der Waals surface area contributed by atoms with Gasteiger partial charge in [0.1, 0.15) is 21.4 Å². The van der Waals surface area contributed by atoms with Crippen molar-refractivity contribution in [2.24, 2.45) is 7.05 Å². The first-order valence-corrected chi connectivity index (χ1v) is 11.7. The van der Waals surface area contributed by atoms with Crippen LogP contribution in [0.5, 0.6) is 5.75 Å². The summed E-state index contributed by atoms with van der Waals surface area (Å²) in [4.78, 5) is 17.4. The zero-order chi connectivity index (χ0) is 21.5. The maximum atomic E-state index is 12.6. The van der Waals surface area contributed by atoms with Crippen molar-refractivity contribution in [1.82, 2.24) is 19.3 Å². The summed E-state index contributed by atoms with van der Waals surface area (Å²) in [7, 11) is 0.515. The lowest BCUT2D eigenvalue weighted by Gasteiger charge is -2.21. The number of nitrogens with one attached hydrogen (secondary N) is 1. The predicted molar refractivity (Wildman–Crippen MR) is 114 cm³/mol. The van der Waals surface area contributed by atoms with Crippen LogP contribution in [0.2, 0.25) is 0 Å². The van der Waals surface area contributed by atoms with Crippen molar-refractivity contribution in [2.45, 2.75) is 32.2 Å². The van der Waals surface area contributed by atoms with Gasteiger partial charge in [0, 0.05) is 31.8 Å². The van der Waals surface area contributed by atoms with Crippen LogP contribution in [0.3, 0.4) is 0 Å². The molecule has 0 spiro atoms. The molecule has 1 aromatic carbocycles. The normalized spacial score (nSPS) is 16.6. The number of sulfone groups is 1. The summed E-state index contributed by atoms with van der Waals surface area (Å²) >= 11 is 0. The van der Waals surface area contributed by atoms with E-state index >= 15 is 0 Å². The molecule has 1 aliphatic rings. The number of aromatic nitrogens is 4. The van der Waals surface area contributed by atoms with Crippen molar-refractivity contribution in [3.8, 4) is 5.75 Å². The van der Waals surface area contributed by atoms with Gasteiger partial charge in [0.2, 0.25) is 0 Å². The third-order valence-electron chi connectivity index (χ3n) is 5.60. The smallest absolute Gasteiger partial charge is 0.276 e. The van der Waals surface area contributed by atoms with Gasteiger partial charge in [0.05, 0.1) is 35.3 Å². The minimum Gasteiger partial charge on any atom is -0.494 e. The summed E-state index contributed by atoms with van der Waals surface area (Å²) in [6, 6.07) is 5.29. The van der Waals surface area contributed by atoms with E-state index < -0.39 is 9.84 Å². The number of carbonyl (C=O) groups is 1. The number of hydrogen-bond donors (Lipinski definition) is 1. The zero-order valence-electron chi connectivity index (χ0n) is 17.3. The standard InChI is InChI=1S/C20H25N5O4S/c1-4-25-8-5-14(23-25)20(26)22-16-11-17-15(12-18(16)29-3)21-19(24(17)2)13-6-9-30(27,28)10-7-13/h5,8,11-13H,4,6-7,9-10H2,1-3H3,(H,22,26). The molecule has 9 nitrogen and oxygen atoms in total. The van der Waals surface area contributed by atoms with Gasteiger partial charge in [-0.05, 0) is 31.9 Å². The van der Waals surface area contributed by atoms with Gasteiger partial charge < -0.3 is 14.6 Å². The summed E-state index contributed by atoms with van der Waals surface area (Å²) in [5.41, 5.74) is 2.44. The van der Waals surface area contributed by atoms with E-state index in [0.29, 0.717) is 36.5 Å². The first-order valence-electron chi connectivity index (χ1n) is 9.91. The molecule has 1 N–H and O–H groups in total. The Morgan fingerprint density at radius 3 is 2.67 bits per heavy atom. The summed E-state index contributed by atoms with van der Waals surface area (Å²) < 4.78 is 32.7. The van der Waals surface area contributed by atoms with Gasteiger partial charge >= 0.3 is 0 Å². The van der Waals surface area contributed by atoms with Crippen molar-refractivity contribution in [3.63, 3.8) is 0 Å². The topological polar surface area (TPSA) is 108 Å². The molecular weight excluding hydrogens is 406 g/mol. The quantitative estimate of drug-likeness (QED) is 0.664. The molecule has 30 heavy (non-hydrogen) atoms. The number of ether oxygens (including phenoxy) is 1. The van der Waals surface area contributed by atoms with Crippen LogP contribution >= 0.6 is 0 Å². The number of imidazole rings is 1. The lowest BCUT2D eigenvalue weighted by molar-refractivity contribution is 0.102. The van der Waals surface area contributed by atoms with Crippen LogP contribution in [-0.2, 0) is 23.4 Å². The number of amides is 1. The van der Waals surface area contributed by atoms with Gasteiger partial charge in [-0.2, -0.15) is 5.10 Å². The van der Waals surface area contributed by atoms with Crippen LogP contribution in [0.4, 0.5) is 5.69 Å². The van der Waals surface area contributed by atoms with Gasteiger partial charge in [-0.15, -0.1) is 0 Å². The summed E-state index contributed by atoms with van der Waals surface area (Å²) in [6.07, 6.45) is 2.90. The fraction of sp³-hybridized carbons (Fsp3) is 0.450. The van der Waals surface area contributed by atoms with Crippen LogP contribution in [0, 0.1) is 0 Å². The number of methoxy groups -OCH3 is 1. The number of rotatable bonds is 5. The van der Waals surface area contributed by atoms with Crippen LogP contribution in [-0.4, -0.2) is 52.3 Å². The number of hydrogen-bond acceptors (Lipinski definition) is 6. The van der Waals surface area contributed by atoms with Crippen molar-refractivity contribution in [1.29, 1.82) is 0 Å². The highest BCUT2D eigenvalue weighted by atomic mass is 32.2. The monoisotopic (exact) mass is 431 g/mol. The van der Waals surface area contributed by atoms with Gasteiger partial charge in [0.15, 0.2) is 5.69 Å². The molecule has 1 amide bonds. The lowest BCUT2D eigenvalue weighted by Crippen LogP contribution is -2.23. The highest BCUT2D eigenvalue weighted by molar-refractivity contribution is 7.91. The van der Waals surface area contributed by atoms with E-state index in [1.165, 1.54) is 0 Å². The second kappa shape index (κ2) is 7.75. The van der Waals surface area contributed by atoms with E-state index in [-0.39, 0.29) is 23.3 Å². The Labute approximate surface area is 175 Å². The van der Waals surface area contributed by atoms with Crippen molar-refractivity contribution in [2.75, 3.05) is 23.9 Å². The Balaban J connectivity index is 1.66. The van der Waals surface area contributed by atoms with Gasteiger partial charge in [-0.1, -0.05) is 0 Å². The van der Waals surface area contributed by atoms with Gasteiger partial charge in [-0.3, -0.25) is 9.48 Å². The minimum atomic E-state index is -2.94. The molecule has 3 aromatic rings. The Morgan fingerprint density at radius 2 is 2.03 bits per heavy atom. The van der Waals surface area contributed by atoms with Gasteiger partial charge in [-0.25, -0.2) is 13.4 Å². The molecule has 1 saturated heterocycles. The molecule has 0 unspecified atom stereocenters. The molecule has 4 rings (SSSR count). The number of carbonyl (C=O) groups excluding carboxylic acids is 1. The van der Waals surface area contributed by atoms with E-state index in [0.717, 1.165) is 16.9 Å². The number of anilines is 1. The molecule has 160 valence electrons. The molecule has 10 heteroatoms. The Kier molecular flexibility index (Phi) is 5.27. The highest BCUT2D eigenvalue weighted by Crippen LogP contribution is 2.34. The van der Waals surface area contributed by atoms with Crippen molar-refractivity contribution >= 4 is 32.5 Å². The summed E-state index contributed by atoms with van der Waals surface area (Å²) in [5, 5.41) is 7.11. The molecule has 3 heterocycles. The first-order chi connectivity index (χ1) is 14.3. The molecule has 0 aliphatic carbocycles.